The number of benzene rings is 1. The molecule has 0 saturated carbocycles. The summed E-state index contributed by atoms with van der Waals surface area (Å²) in [7, 11) is 1.64. The number of fused-ring (bicyclic) bond motifs is 1. The minimum absolute atomic E-state index is 0.129. The van der Waals surface area contributed by atoms with E-state index in [2.05, 4.69) is 17.1 Å². The molecule has 2 aromatic rings. The Morgan fingerprint density at radius 2 is 2.00 bits per heavy atom. The molecule has 0 radical (unpaired) electrons. The highest BCUT2D eigenvalue weighted by Gasteiger charge is 2.32. The second kappa shape index (κ2) is 5.79. The van der Waals surface area contributed by atoms with Crippen molar-refractivity contribution in [2.24, 2.45) is 0 Å². The summed E-state index contributed by atoms with van der Waals surface area (Å²) in [4.78, 5) is 14.3. The van der Waals surface area contributed by atoms with Gasteiger partial charge in [-0.15, -0.1) is 10.2 Å². The van der Waals surface area contributed by atoms with Crippen LogP contribution in [-0.2, 0) is 11.3 Å². The van der Waals surface area contributed by atoms with Gasteiger partial charge in [0.25, 0.3) is 0 Å². The lowest BCUT2D eigenvalue weighted by atomic mass is 10.1. The summed E-state index contributed by atoms with van der Waals surface area (Å²) >= 11 is 0. The molecule has 0 bridgehead atoms. The van der Waals surface area contributed by atoms with Crippen LogP contribution >= 0.6 is 0 Å². The van der Waals surface area contributed by atoms with Crippen molar-refractivity contribution in [2.75, 3.05) is 13.7 Å². The third-order valence-corrected chi connectivity index (χ3v) is 4.00. The largest absolute Gasteiger partial charge is 0.497 e. The highest BCUT2D eigenvalue weighted by atomic mass is 16.5. The maximum absolute atomic E-state index is 12.5. The molecule has 0 unspecified atom stereocenters. The molecule has 1 aliphatic rings. The molecule has 1 aliphatic heterocycles. The number of rotatable bonds is 4. The molecule has 0 saturated heterocycles. The average Bonchev–Trinajstić information content (AvgIpc) is 2.96. The fraction of sp³-hybridized carbons (Fsp3) is 0.438. The number of aromatic nitrogens is 3. The first-order chi connectivity index (χ1) is 10.7. The van der Waals surface area contributed by atoms with Crippen molar-refractivity contribution in [3.63, 3.8) is 0 Å². The zero-order chi connectivity index (χ0) is 15.7. The molecule has 3 rings (SSSR count). The number of nitrogens with zero attached hydrogens (tertiary/aromatic N) is 4. The molecular weight excluding hydrogens is 280 g/mol. The van der Waals surface area contributed by atoms with Crippen LogP contribution in [0.25, 0.3) is 11.4 Å². The lowest BCUT2D eigenvalue weighted by Gasteiger charge is -2.31. The molecule has 2 heterocycles. The van der Waals surface area contributed by atoms with E-state index >= 15 is 0 Å². The summed E-state index contributed by atoms with van der Waals surface area (Å²) in [5.74, 6) is 2.49. The van der Waals surface area contributed by atoms with E-state index in [1.165, 1.54) is 0 Å². The molecule has 0 fully saturated rings. The molecule has 0 spiro atoms. The zero-order valence-corrected chi connectivity index (χ0v) is 13.1. The molecule has 1 atom stereocenters. The van der Waals surface area contributed by atoms with Crippen molar-refractivity contribution in [1.82, 2.24) is 19.7 Å². The highest BCUT2D eigenvalue weighted by Crippen LogP contribution is 2.29. The van der Waals surface area contributed by atoms with Crippen LogP contribution in [0.2, 0.25) is 0 Å². The van der Waals surface area contributed by atoms with Crippen molar-refractivity contribution in [1.29, 1.82) is 0 Å². The van der Waals surface area contributed by atoms with Gasteiger partial charge in [-0.1, -0.05) is 6.92 Å². The Labute approximate surface area is 129 Å². The Kier molecular flexibility index (Phi) is 3.83. The topological polar surface area (TPSA) is 60.2 Å². The molecule has 6 nitrogen and oxygen atoms in total. The van der Waals surface area contributed by atoms with Gasteiger partial charge in [0.15, 0.2) is 11.6 Å². The van der Waals surface area contributed by atoms with Crippen LogP contribution < -0.4 is 4.74 Å². The first kappa shape index (κ1) is 14.6. The Bertz CT molecular complexity index is 678. The third-order valence-electron chi connectivity index (χ3n) is 4.00. The lowest BCUT2D eigenvalue weighted by molar-refractivity contribution is -0.136. The maximum atomic E-state index is 12.5. The first-order valence-corrected chi connectivity index (χ1v) is 7.52. The van der Waals surface area contributed by atoms with E-state index < -0.39 is 0 Å². The second-order valence-electron chi connectivity index (χ2n) is 5.47. The first-order valence-electron chi connectivity index (χ1n) is 7.52. The predicted octanol–water partition coefficient (Wildman–Crippen LogP) is 2.27. The van der Waals surface area contributed by atoms with Gasteiger partial charge in [-0.25, -0.2) is 0 Å². The summed E-state index contributed by atoms with van der Waals surface area (Å²) in [6, 6.07) is 7.37. The van der Waals surface area contributed by atoms with E-state index in [9.17, 15) is 4.79 Å². The molecule has 22 heavy (non-hydrogen) atoms. The number of methoxy groups -OCH3 is 1. The monoisotopic (exact) mass is 300 g/mol. The Morgan fingerprint density at radius 1 is 1.27 bits per heavy atom. The minimum Gasteiger partial charge on any atom is -0.497 e. The number of hydrogen-bond donors (Lipinski definition) is 0. The summed E-state index contributed by atoms with van der Waals surface area (Å²) in [6.07, 6.45) is 0.942. The van der Waals surface area contributed by atoms with Gasteiger partial charge in [-0.3, -0.25) is 9.36 Å². The summed E-state index contributed by atoms with van der Waals surface area (Å²) < 4.78 is 7.12. The van der Waals surface area contributed by atoms with Gasteiger partial charge < -0.3 is 9.64 Å². The molecule has 0 aliphatic carbocycles. The summed E-state index contributed by atoms with van der Waals surface area (Å²) in [6.45, 7) is 5.26. The molecule has 116 valence electrons. The Morgan fingerprint density at radius 3 is 2.64 bits per heavy atom. The van der Waals surface area contributed by atoms with Gasteiger partial charge in [-0.2, -0.15) is 0 Å². The van der Waals surface area contributed by atoms with Crippen LogP contribution in [0.3, 0.4) is 0 Å². The fourth-order valence-electron chi connectivity index (χ4n) is 2.86. The van der Waals surface area contributed by atoms with E-state index in [0.29, 0.717) is 6.54 Å². The van der Waals surface area contributed by atoms with Crippen LogP contribution in [0, 0.1) is 0 Å². The standard InChI is InChI=1S/C16H20N4O2/c1-4-9-19-10-14-17-18-15(20(14)11(2)16(19)21)12-5-7-13(22-3)8-6-12/h5-8,11H,4,9-10H2,1-3H3/t11-/m1/s1. The smallest absolute Gasteiger partial charge is 0.245 e. The van der Waals surface area contributed by atoms with Gasteiger partial charge in [0.2, 0.25) is 5.91 Å². The normalized spacial score (nSPS) is 17.5. The van der Waals surface area contributed by atoms with Gasteiger partial charge >= 0.3 is 0 Å². The number of amides is 1. The van der Waals surface area contributed by atoms with E-state index in [1.807, 2.05) is 40.7 Å². The summed E-state index contributed by atoms with van der Waals surface area (Å²) in [5, 5.41) is 8.58. The molecule has 6 heteroatoms. The molecule has 1 amide bonds. The maximum Gasteiger partial charge on any atom is 0.245 e. The Hall–Kier alpha value is -2.37. The van der Waals surface area contributed by atoms with Crippen LogP contribution in [0.15, 0.2) is 24.3 Å². The van der Waals surface area contributed by atoms with Gasteiger partial charge in [0.05, 0.1) is 13.7 Å². The van der Waals surface area contributed by atoms with Crippen LogP contribution in [-0.4, -0.2) is 39.2 Å². The lowest BCUT2D eigenvalue weighted by Crippen LogP contribution is -2.42. The minimum atomic E-state index is -0.276. The molecule has 1 aromatic heterocycles. The second-order valence-corrected chi connectivity index (χ2v) is 5.47. The molecule has 1 aromatic carbocycles. The van der Waals surface area contributed by atoms with Crippen molar-refractivity contribution in [2.45, 2.75) is 32.9 Å². The Balaban J connectivity index is 1.98. The van der Waals surface area contributed by atoms with Gasteiger partial charge in [0.1, 0.15) is 11.8 Å². The van der Waals surface area contributed by atoms with Crippen LogP contribution in [0.5, 0.6) is 5.75 Å². The van der Waals surface area contributed by atoms with Crippen molar-refractivity contribution in [3.05, 3.63) is 30.1 Å². The van der Waals surface area contributed by atoms with E-state index in [1.54, 1.807) is 7.11 Å². The molecule has 0 N–H and O–H groups in total. The zero-order valence-electron chi connectivity index (χ0n) is 13.1. The third kappa shape index (κ3) is 2.34. The summed E-state index contributed by atoms with van der Waals surface area (Å²) in [5.41, 5.74) is 0.933. The SMILES string of the molecule is CCCN1Cc2nnc(-c3ccc(OC)cc3)n2[C@H](C)C1=O. The molecular formula is C16H20N4O2. The van der Waals surface area contributed by atoms with Crippen molar-refractivity contribution >= 4 is 5.91 Å². The van der Waals surface area contributed by atoms with Crippen molar-refractivity contribution < 1.29 is 9.53 Å². The van der Waals surface area contributed by atoms with E-state index in [4.69, 9.17) is 4.74 Å². The van der Waals surface area contributed by atoms with E-state index in [0.717, 1.165) is 35.9 Å². The predicted molar refractivity (Wildman–Crippen MR) is 82.4 cm³/mol. The highest BCUT2D eigenvalue weighted by molar-refractivity contribution is 5.82. The average molecular weight is 300 g/mol. The van der Waals surface area contributed by atoms with Crippen LogP contribution in [0.4, 0.5) is 0 Å². The van der Waals surface area contributed by atoms with Crippen LogP contribution in [0.1, 0.15) is 32.1 Å². The number of carbonyl (C=O) groups is 1. The number of carbonyl (C=O) groups excluding carboxylic acids is 1. The quantitative estimate of drug-likeness (QED) is 0.869. The van der Waals surface area contributed by atoms with E-state index in [-0.39, 0.29) is 11.9 Å². The van der Waals surface area contributed by atoms with Gasteiger partial charge in [0, 0.05) is 12.1 Å². The number of ether oxygens (including phenoxy) is 1. The number of hydrogen-bond acceptors (Lipinski definition) is 4. The van der Waals surface area contributed by atoms with Gasteiger partial charge in [-0.05, 0) is 37.6 Å². The fourth-order valence-corrected chi connectivity index (χ4v) is 2.86. The van der Waals surface area contributed by atoms with Crippen molar-refractivity contribution in [3.8, 4) is 17.1 Å².